The monoisotopic (exact) mass is 850 g/mol. The molecule has 13 heteroatoms. The van der Waals surface area contributed by atoms with Gasteiger partial charge in [0.05, 0.1) is 25.4 Å². The lowest BCUT2D eigenvalue weighted by atomic mass is 10.1. The molecule has 12 nitrogen and oxygen atoms in total. The van der Waals surface area contributed by atoms with Crippen LogP contribution >= 0.6 is 7.82 Å². The van der Waals surface area contributed by atoms with Crippen LogP contribution in [0.4, 0.5) is 0 Å². The standard InChI is InChI=1S/C46H76NO11P/c1-3-5-7-8-9-10-11-12-13-14-19-22-25-28-32-36-45(49)57-40(38-55-59(52,53)56-39-41(47)46(50)51)37-54-44(48)35-31-27-24-21-18-16-15-17-20-23-26-30-34-43-42(58-43)33-29-6-4-2/h6,12-13,16-18,20,24,26-27,29-30,40-43H,3-5,7-11,14-15,19,21-23,25,28,31-39,47H2,1-2H3,(H,50,51)(H,52,53)/b13-12-,18-16-,20-17-,27-24-,29-6-,30-26-/t40-,41+,42?,43?/m1/s1. The van der Waals surface area contributed by atoms with E-state index in [1.807, 2.05) is 12.2 Å². The van der Waals surface area contributed by atoms with Crippen LogP contribution in [0.2, 0.25) is 0 Å². The Labute approximate surface area is 355 Å². The second-order valence-electron chi connectivity index (χ2n) is 14.8. The minimum Gasteiger partial charge on any atom is -0.480 e. The Bertz CT molecular complexity index is 1340. The zero-order valence-corrected chi connectivity index (χ0v) is 36.9. The van der Waals surface area contributed by atoms with Gasteiger partial charge >= 0.3 is 25.7 Å². The molecule has 1 aliphatic heterocycles. The van der Waals surface area contributed by atoms with E-state index in [0.717, 1.165) is 77.0 Å². The SMILES string of the molecule is CC/C=C\CC1OC1C/C=C\C/C=C\C/C=C\C/C=C\CCC(=O)OC[C@H](COP(=O)(O)OC[C@H](N)C(=O)O)OC(=O)CCCCCCC/C=C\CCCCCCCC. The van der Waals surface area contributed by atoms with Crippen LogP contribution in [0, 0.1) is 0 Å². The Hall–Kier alpha value is -3.12. The lowest BCUT2D eigenvalue weighted by Crippen LogP contribution is -2.34. The molecule has 0 bridgehead atoms. The van der Waals surface area contributed by atoms with Gasteiger partial charge in [-0.3, -0.25) is 23.4 Å². The van der Waals surface area contributed by atoms with Crippen LogP contribution in [0.5, 0.6) is 0 Å². The summed E-state index contributed by atoms with van der Waals surface area (Å²) in [6.45, 7) is 2.58. The summed E-state index contributed by atoms with van der Waals surface area (Å²) in [5, 5.41) is 8.89. The summed E-state index contributed by atoms with van der Waals surface area (Å²) < 4.78 is 38.3. The summed E-state index contributed by atoms with van der Waals surface area (Å²) >= 11 is 0. The number of esters is 2. The van der Waals surface area contributed by atoms with Crippen LogP contribution in [0.3, 0.4) is 0 Å². The summed E-state index contributed by atoms with van der Waals surface area (Å²) in [5.41, 5.74) is 5.33. The van der Waals surface area contributed by atoms with Crippen LogP contribution < -0.4 is 5.73 Å². The van der Waals surface area contributed by atoms with Gasteiger partial charge in [-0.05, 0) is 77.0 Å². The predicted octanol–water partition coefficient (Wildman–Crippen LogP) is 10.7. The van der Waals surface area contributed by atoms with E-state index in [1.165, 1.54) is 38.5 Å². The first kappa shape index (κ1) is 53.9. The largest absolute Gasteiger partial charge is 0.480 e. The van der Waals surface area contributed by atoms with Gasteiger partial charge in [-0.2, -0.15) is 0 Å². The van der Waals surface area contributed by atoms with Crippen molar-refractivity contribution in [3.8, 4) is 0 Å². The van der Waals surface area contributed by atoms with Crippen LogP contribution in [0.25, 0.3) is 0 Å². The van der Waals surface area contributed by atoms with E-state index < -0.39 is 57.7 Å². The summed E-state index contributed by atoms with van der Waals surface area (Å²) in [6.07, 6.45) is 45.9. The lowest BCUT2D eigenvalue weighted by Gasteiger charge is -2.20. The number of epoxide rings is 1. The fourth-order valence-corrected chi connectivity index (χ4v) is 6.55. The highest BCUT2D eigenvalue weighted by Gasteiger charge is 2.36. The first-order valence-electron chi connectivity index (χ1n) is 22.1. The minimum absolute atomic E-state index is 0.0883. The van der Waals surface area contributed by atoms with E-state index in [9.17, 15) is 23.8 Å². The zero-order valence-electron chi connectivity index (χ0n) is 36.0. The number of phosphoric ester groups is 1. The van der Waals surface area contributed by atoms with Gasteiger partial charge in [0.15, 0.2) is 6.10 Å². The van der Waals surface area contributed by atoms with Crippen molar-refractivity contribution in [1.82, 2.24) is 0 Å². The first-order valence-corrected chi connectivity index (χ1v) is 23.6. The van der Waals surface area contributed by atoms with E-state index in [-0.39, 0.29) is 12.8 Å². The van der Waals surface area contributed by atoms with Gasteiger partial charge in [-0.25, -0.2) is 4.57 Å². The first-order chi connectivity index (χ1) is 28.6. The molecule has 0 spiro atoms. The Morgan fingerprint density at radius 2 is 1.14 bits per heavy atom. The average molecular weight is 850 g/mol. The molecule has 0 aromatic heterocycles. The second kappa shape index (κ2) is 36.7. The third-order valence-electron chi connectivity index (χ3n) is 9.35. The summed E-state index contributed by atoms with van der Waals surface area (Å²) in [4.78, 5) is 45.9. The van der Waals surface area contributed by atoms with Crippen molar-refractivity contribution in [3.63, 3.8) is 0 Å². The molecule has 5 atom stereocenters. The second-order valence-corrected chi connectivity index (χ2v) is 16.3. The molecule has 336 valence electrons. The highest BCUT2D eigenvalue weighted by atomic mass is 31.2. The molecule has 1 aliphatic rings. The number of phosphoric acid groups is 1. The molecular formula is C46H76NO11P. The van der Waals surface area contributed by atoms with Crippen molar-refractivity contribution in [2.75, 3.05) is 19.8 Å². The zero-order chi connectivity index (χ0) is 43.2. The highest BCUT2D eigenvalue weighted by molar-refractivity contribution is 7.47. The van der Waals surface area contributed by atoms with Crippen LogP contribution in [-0.2, 0) is 42.2 Å². The number of rotatable bonds is 39. The molecule has 3 unspecified atom stereocenters. The predicted molar refractivity (Wildman–Crippen MR) is 235 cm³/mol. The number of hydrogen-bond donors (Lipinski definition) is 3. The van der Waals surface area contributed by atoms with Crippen molar-refractivity contribution in [2.45, 2.75) is 179 Å². The molecule has 1 saturated heterocycles. The molecule has 0 radical (unpaired) electrons. The molecule has 0 amide bonds. The maximum Gasteiger partial charge on any atom is 0.472 e. The van der Waals surface area contributed by atoms with E-state index >= 15 is 0 Å². The van der Waals surface area contributed by atoms with Crippen LogP contribution in [-0.4, -0.2) is 72.1 Å². The normalized spacial score (nSPS) is 17.8. The number of hydrogen-bond acceptors (Lipinski definition) is 10. The van der Waals surface area contributed by atoms with Gasteiger partial charge in [0.2, 0.25) is 0 Å². The molecule has 1 fully saturated rings. The van der Waals surface area contributed by atoms with E-state index in [1.54, 1.807) is 0 Å². The smallest absolute Gasteiger partial charge is 0.472 e. The van der Waals surface area contributed by atoms with Crippen molar-refractivity contribution in [3.05, 3.63) is 72.9 Å². The third kappa shape index (κ3) is 34.3. The number of carbonyl (C=O) groups is 3. The summed E-state index contributed by atoms with van der Waals surface area (Å²) in [7, 11) is -4.74. The maximum atomic E-state index is 12.6. The summed E-state index contributed by atoms with van der Waals surface area (Å²) in [6, 6.07) is -1.54. The Balaban J connectivity index is 2.33. The number of nitrogens with two attached hydrogens (primary N) is 1. The number of carboxylic acids is 1. The number of allylic oxidation sites excluding steroid dienone is 10. The third-order valence-corrected chi connectivity index (χ3v) is 10.3. The number of carbonyl (C=O) groups excluding carboxylic acids is 2. The molecule has 0 aliphatic carbocycles. The fraction of sp³-hybridized carbons (Fsp3) is 0.674. The highest BCUT2D eigenvalue weighted by Crippen LogP contribution is 2.43. The van der Waals surface area contributed by atoms with Gasteiger partial charge in [-0.1, -0.05) is 138 Å². The maximum absolute atomic E-state index is 12.6. The molecule has 4 N–H and O–H groups in total. The molecule has 1 rings (SSSR count). The van der Waals surface area contributed by atoms with Gasteiger partial charge in [-0.15, -0.1) is 0 Å². The Kier molecular flexibility index (Phi) is 33.5. The molecule has 1 heterocycles. The minimum atomic E-state index is -4.74. The van der Waals surface area contributed by atoms with Crippen LogP contribution in [0.15, 0.2) is 72.9 Å². The van der Waals surface area contributed by atoms with Gasteiger partial charge in [0.1, 0.15) is 12.6 Å². The van der Waals surface area contributed by atoms with E-state index in [2.05, 4.69) is 79.1 Å². The molecule has 0 saturated carbocycles. The number of unbranched alkanes of at least 4 members (excludes halogenated alkanes) is 11. The van der Waals surface area contributed by atoms with Crippen LogP contribution in [0.1, 0.15) is 155 Å². The van der Waals surface area contributed by atoms with Gasteiger partial charge in [0.25, 0.3) is 0 Å². The topological polar surface area (TPSA) is 184 Å². The Morgan fingerprint density at radius 1 is 0.627 bits per heavy atom. The molecule has 0 aromatic carbocycles. The van der Waals surface area contributed by atoms with Crippen molar-refractivity contribution in [2.24, 2.45) is 5.73 Å². The Morgan fingerprint density at radius 3 is 1.73 bits per heavy atom. The fourth-order valence-electron chi connectivity index (χ4n) is 5.77. The quantitative estimate of drug-likeness (QED) is 0.0175. The van der Waals surface area contributed by atoms with Crippen molar-refractivity contribution >= 4 is 25.7 Å². The molecule has 59 heavy (non-hydrogen) atoms. The van der Waals surface area contributed by atoms with Crippen molar-refractivity contribution in [1.29, 1.82) is 0 Å². The van der Waals surface area contributed by atoms with Gasteiger partial charge < -0.3 is 29.9 Å². The lowest BCUT2D eigenvalue weighted by molar-refractivity contribution is -0.161. The van der Waals surface area contributed by atoms with E-state index in [0.29, 0.717) is 25.0 Å². The average Bonchev–Trinajstić information content (AvgIpc) is 3.97. The number of carboxylic acid groups (broad SMARTS) is 1. The van der Waals surface area contributed by atoms with Gasteiger partial charge in [0, 0.05) is 12.8 Å². The van der Waals surface area contributed by atoms with E-state index in [4.69, 9.17) is 29.6 Å². The number of ether oxygens (including phenoxy) is 3. The summed E-state index contributed by atoms with van der Waals surface area (Å²) in [5.74, 6) is -2.51. The van der Waals surface area contributed by atoms with Crippen molar-refractivity contribution < 1.29 is 52.2 Å². The molecular weight excluding hydrogens is 773 g/mol. The molecule has 0 aromatic rings. The number of aliphatic carboxylic acids is 1.